The third-order valence-electron chi connectivity index (χ3n) is 7.72. The zero-order valence-corrected chi connectivity index (χ0v) is 20.4. The van der Waals surface area contributed by atoms with E-state index in [2.05, 4.69) is 30.3 Å². The molecule has 0 bridgehead atoms. The highest BCUT2D eigenvalue weighted by molar-refractivity contribution is 5.82. The average molecular weight is 488 g/mol. The van der Waals surface area contributed by atoms with Crippen molar-refractivity contribution in [3.8, 4) is 0 Å². The highest BCUT2D eigenvalue weighted by atomic mass is 19.1. The van der Waals surface area contributed by atoms with Crippen molar-refractivity contribution in [1.82, 2.24) is 30.1 Å². The van der Waals surface area contributed by atoms with E-state index in [1.165, 1.54) is 6.07 Å². The average Bonchev–Trinajstić information content (AvgIpc) is 3.59. The lowest BCUT2D eigenvalue weighted by Gasteiger charge is -2.39. The number of aryl methyl sites for hydroxylation is 1. The van der Waals surface area contributed by atoms with Gasteiger partial charge in [-0.05, 0) is 59.3 Å². The molecule has 6 rings (SSSR count). The summed E-state index contributed by atoms with van der Waals surface area (Å²) in [5.74, 6) is 0.493. The number of hydrogen-bond acceptors (Lipinski definition) is 6. The maximum Gasteiger partial charge on any atom is 0.253 e. The Morgan fingerprint density at radius 3 is 2.58 bits per heavy atom. The normalized spacial score (nSPS) is 18.2. The van der Waals surface area contributed by atoms with E-state index in [0.29, 0.717) is 43.3 Å². The van der Waals surface area contributed by atoms with Crippen LogP contribution >= 0.6 is 0 Å². The Labute approximate surface area is 208 Å². The molecule has 0 amide bonds. The number of anilines is 1. The fourth-order valence-electron chi connectivity index (χ4n) is 5.82. The number of aromatic nitrogens is 5. The summed E-state index contributed by atoms with van der Waals surface area (Å²) >= 11 is 0. The number of benzene rings is 2. The number of para-hydroxylation sites is 2. The van der Waals surface area contributed by atoms with E-state index >= 15 is 0 Å². The van der Waals surface area contributed by atoms with Crippen molar-refractivity contribution in [2.75, 3.05) is 31.1 Å². The molecule has 0 unspecified atom stereocenters. The van der Waals surface area contributed by atoms with Crippen molar-refractivity contribution in [3.05, 3.63) is 81.7 Å². The van der Waals surface area contributed by atoms with Crippen molar-refractivity contribution in [3.63, 3.8) is 0 Å². The first-order chi connectivity index (χ1) is 17.6. The molecule has 1 aliphatic heterocycles. The second-order valence-electron chi connectivity index (χ2n) is 9.89. The third kappa shape index (κ3) is 4.07. The molecule has 0 spiro atoms. The number of aromatic amines is 1. The number of fused-ring (bicyclic) bond motifs is 1. The fourth-order valence-corrected chi connectivity index (χ4v) is 5.82. The standard InChI is InChI=1S/C27H30FN7O/c1-18-7-6-8-19-17-21(27(36)29-24(18)19)25(26-30-31-32-35(26)20-9-2-3-10-20)34-15-13-33(14-16-34)23-12-5-4-11-22(23)28/h4-8,11-12,17,20,25H,2-3,9-10,13-16H2,1H3,(H,29,36)/t25-/m1/s1. The van der Waals surface area contributed by atoms with Gasteiger partial charge in [-0.3, -0.25) is 9.69 Å². The van der Waals surface area contributed by atoms with Crippen molar-refractivity contribution < 1.29 is 4.39 Å². The van der Waals surface area contributed by atoms with E-state index < -0.39 is 6.04 Å². The first kappa shape index (κ1) is 22.8. The molecule has 2 aromatic heterocycles. The van der Waals surface area contributed by atoms with Crippen LogP contribution in [0.2, 0.25) is 0 Å². The Balaban J connectivity index is 1.40. The van der Waals surface area contributed by atoms with Crippen LogP contribution in [0.5, 0.6) is 0 Å². The van der Waals surface area contributed by atoms with Gasteiger partial charge in [0.15, 0.2) is 5.82 Å². The largest absolute Gasteiger partial charge is 0.367 e. The monoisotopic (exact) mass is 487 g/mol. The van der Waals surface area contributed by atoms with Gasteiger partial charge in [0.2, 0.25) is 0 Å². The Bertz CT molecular complexity index is 1430. The van der Waals surface area contributed by atoms with Gasteiger partial charge in [0.05, 0.1) is 17.2 Å². The number of rotatable bonds is 5. The van der Waals surface area contributed by atoms with Gasteiger partial charge in [-0.15, -0.1) is 5.10 Å². The van der Waals surface area contributed by atoms with Crippen LogP contribution in [-0.4, -0.2) is 56.3 Å². The first-order valence-electron chi connectivity index (χ1n) is 12.7. The van der Waals surface area contributed by atoms with Crippen molar-refractivity contribution >= 4 is 16.6 Å². The summed E-state index contributed by atoms with van der Waals surface area (Å²) in [4.78, 5) is 21.0. The van der Waals surface area contributed by atoms with Crippen LogP contribution in [0.3, 0.4) is 0 Å². The molecule has 9 heteroatoms. The minimum atomic E-state index is -0.392. The Morgan fingerprint density at radius 2 is 1.81 bits per heavy atom. The van der Waals surface area contributed by atoms with Gasteiger partial charge in [-0.2, -0.15) is 0 Å². The Kier molecular flexibility index (Phi) is 6.00. The number of halogens is 1. The SMILES string of the molecule is Cc1cccc2cc([C@H](c3nnnn3C3CCCC3)N3CCN(c4ccccc4F)CC3)c(=O)[nH]c12. The van der Waals surface area contributed by atoms with Gasteiger partial charge in [0.1, 0.15) is 11.9 Å². The lowest BCUT2D eigenvalue weighted by molar-refractivity contribution is 0.196. The minimum absolute atomic E-state index is 0.126. The molecule has 1 N–H and O–H groups in total. The lowest BCUT2D eigenvalue weighted by Crippen LogP contribution is -2.49. The van der Waals surface area contributed by atoms with E-state index in [-0.39, 0.29) is 17.4 Å². The highest BCUT2D eigenvalue weighted by Crippen LogP contribution is 2.34. The molecule has 1 saturated heterocycles. The van der Waals surface area contributed by atoms with Crippen LogP contribution in [0.25, 0.3) is 10.9 Å². The predicted molar refractivity (Wildman–Crippen MR) is 137 cm³/mol. The molecule has 36 heavy (non-hydrogen) atoms. The van der Waals surface area contributed by atoms with Gasteiger partial charge in [0, 0.05) is 31.7 Å². The zero-order valence-electron chi connectivity index (χ0n) is 20.4. The van der Waals surface area contributed by atoms with Gasteiger partial charge < -0.3 is 9.88 Å². The van der Waals surface area contributed by atoms with Gasteiger partial charge in [-0.25, -0.2) is 9.07 Å². The number of piperazine rings is 1. The van der Waals surface area contributed by atoms with Crippen LogP contribution in [-0.2, 0) is 0 Å². The third-order valence-corrected chi connectivity index (χ3v) is 7.72. The molecular formula is C27H30FN7O. The maximum absolute atomic E-state index is 14.4. The van der Waals surface area contributed by atoms with Gasteiger partial charge in [0.25, 0.3) is 5.56 Å². The Morgan fingerprint density at radius 1 is 1.03 bits per heavy atom. The Hall–Kier alpha value is -3.59. The summed E-state index contributed by atoms with van der Waals surface area (Å²) in [7, 11) is 0. The summed E-state index contributed by atoms with van der Waals surface area (Å²) in [6, 6.07) is 14.8. The predicted octanol–water partition coefficient (Wildman–Crippen LogP) is 3.99. The first-order valence-corrected chi connectivity index (χ1v) is 12.7. The summed E-state index contributed by atoms with van der Waals surface area (Å²) in [5, 5.41) is 13.9. The number of pyridine rings is 1. The van der Waals surface area contributed by atoms with Crippen molar-refractivity contribution in [2.45, 2.75) is 44.7 Å². The smallest absolute Gasteiger partial charge is 0.253 e. The number of tetrazole rings is 1. The van der Waals surface area contributed by atoms with Crippen molar-refractivity contribution in [2.24, 2.45) is 0 Å². The summed E-state index contributed by atoms with van der Waals surface area (Å²) in [6.45, 7) is 4.60. The molecule has 4 aromatic rings. The number of H-pyrrole nitrogens is 1. The molecule has 0 radical (unpaired) electrons. The molecular weight excluding hydrogens is 457 g/mol. The quantitative estimate of drug-likeness (QED) is 0.458. The van der Waals surface area contributed by atoms with E-state index in [9.17, 15) is 9.18 Å². The molecule has 1 saturated carbocycles. The van der Waals surface area contributed by atoms with Crippen LogP contribution in [0.15, 0.2) is 53.3 Å². The van der Waals surface area contributed by atoms with Crippen LogP contribution in [0, 0.1) is 12.7 Å². The molecule has 8 nitrogen and oxygen atoms in total. The van der Waals surface area contributed by atoms with E-state index in [4.69, 9.17) is 0 Å². The van der Waals surface area contributed by atoms with Crippen LogP contribution in [0.1, 0.15) is 54.7 Å². The van der Waals surface area contributed by atoms with E-state index in [0.717, 1.165) is 42.1 Å². The summed E-state index contributed by atoms with van der Waals surface area (Å²) in [6.07, 6.45) is 4.40. The molecule has 2 fully saturated rings. The number of nitrogens with one attached hydrogen (secondary N) is 1. The topological polar surface area (TPSA) is 82.9 Å². The molecule has 186 valence electrons. The van der Waals surface area contributed by atoms with Crippen molar-refractivity contribution in [1.29, 1.82) is 0 Å². The number of hydrogen-bond donors (Lipinski definition) is 1. The fraction of sp³-hybridized carbons (Fsp3) is 0.407. The second-order valence-corrected chi connectivity index (χ2v) is 9.89. The van der Waals surface area contributed by atoms with Gasteiger partial charge in [-0.1, -0.05) is 43.2 Å². The second kappa shape index (κ2) is 9.46. The summed E-state index contributed by atoms with van der Waals surface area (Å²) < 4.78 is 16.4. The zero-order chi connectivity index (χ0) is 24.6. The van der Waals surface area contributed by atoms with E-state index in [1.807, 2.05) is 48.0 Å². The van der Waals surface area contributed by atoms with Crippen LogP contribution in [0.4, 0.5) is 10.1 Å². The van der Waals surface area contributed by atoms with Gasteiger partial charge >= 0.3 is 0 Å². The lowest BCUT2D eigenvalue weighted by atomic mass is 10.0. The van der Waals surface area contributed by atoms with E-state index in [1.54, 1.807) is 6.07 Å². The molecule has 2 aliphatic rings. The molecule has 2 aromatic carbocycles. The molecule has 1 atom stereocenters. The highest BCUT2D eigenvalue weighted by Gasteiger charge is 2.35. The maximum atomic E-state index is 14.4. The minimum Gasteiger partial charge on any atom is -0.367 e. The number of nitrogens with zero attached hydrogens (tertiary/aromatic N) is 6. The summed E-state index contributed by atoms with van der Waals surface area (Å²) in [5.41, 5.74) is 3.01. The molecule has 3 heterocycles. The molecule has 1 aliphatic carbocycles. The van der Waals surface area contributed by atoms with Crippen LogP contribution < -0.4 is 10.5 Å².